The summed E-state index contributed by atoms with van der Waals surface area (Å²) in [6.07, 6.45) is -0.128. The van der Waals surface area contributed by atoms with Crippen molar-refractivity contribution in [1.29, 1.82) is 0 Å². The number of hydrogen-bond acceptors (Lipinski definition) is 4. The van der Waals surface area contributed by atoms with Crippen LogP contribution in [-0.4, -0.2) is 28.6 Å². The maximum Gasteiger partial charge on any atom is 0.153 e. The number of phenolic OH excluding ortho intramolecular Hbond substituents is 1. The Bertz CT molecular complexity index is 396. The molecule has 0 aliphatic carbocycles. The van der Waals surface area contributed by atoms with Crippen LogP contribution < -0.4 is 5.32 Å². The van der Waals surface area contributed by atoms with Crippen LogP contribution in [0.2, 0.25) is 0 Å². The van der Waals surface area contributed by atoms with Crippen molar-refractivity contribution in [2.45, 2.75) is 32.4 Å². The van der Waals surface area contributed by atoms with Gasteiger partial charge in [-0.25, -0.2) is 0 Å². The third-order valence-electron chi connectivity index (χ3n) is 2.39. The van der Waals surface area contributed by atoms with Crippen molar-refractivity contribution in [3.63, 3.8) is 0 Å². The van der Waals surface area contributed by atoms with E-state index in [1.54, 1.807) is 6.07 Å². The summed E-state index contributed by atoms with van der Waals surface area (Å²) in [6, 6.07) is 4.52. The lowest BCUT2D eigenvalue weighted by molar-refractivity contribution is 0.112. The topological polar surface area (TPSA) is 69.6 Å². The maximum atomic E-state index is 10.7. The van der Waals surface area contributed by atoms with E-state index in [2.05, 4.69) is 5.32 Å². The number of aliphatic hydroxyl groups excluding tert-OH is 1. The minimum Gasteiger partial charge on any atom is -0.507 e. The van der Waals surface area contributed by atoms with Gasteiger partial charge in [-0.3, -0.25) is 4.79 Å². The molecule has 1 aromatic rings. The first-order valence-electron chi connectivity index (χ1n) is 5.54. The van der Waals surface area contributed by atoms with Gasteiger partial charge in [0.2, 0.25) is 0 Å². The van der Waals surface area contributed by atoms with Crippen LogP contribution in [0.1, 0.15) is 42.8 Å². The molecule has 3 N–H and O–H groups in total. The van der Waals surface area contributed by atoms with Crippen molar-refractivity contribution in [2.75, 3.05) is 6.54 Å². The zero-order valence-electron chi connectivity index (χ0n) is 10.4. The monoisotopic (exact) mass is 237 g/mol. The van der Waals surface area contributed by atoms with Gasteiger partial charge in [-0.2, -0.15) is 0 Å². The van der Waals surface area contributed by atoms with Crippen LogP contribution in [0.5, 0.6) is 5.75 Å². The Balaban J connectivity index is 2.75. The quantitative estimate of drug-likeness (QED) is 0.696. The summed E-state index contributed by atoms with van der Waals surface area (Å²) in [5.41, 5.74) is 0.727. The second-order valence-electron chi connectivity index (χ2n) is 5.08. The van der Waals surface area contributed by atoms with E-state index >= 15 is 0 Å². The molecule has 0 unspecified atom stereocenters. The molecule has 0 amide bonds. The average molecular weight is 237 g/mol. The molecular formula is C13H19NO3. The molecule has 0 heterocycles. The molecule has 94 valence electrons. The van der Waals surface area contributed by atoms with Crippen molar-refractivity contribution in [2.24, 2.45) is 0 Å². The molecular weight excluding hydrogens is 218 g/mol. The highest BCUT2D eigenvalue weighted by Crippen LogP contribution is 2.21. The molecule has 1 atom stereocenters. The average Bonchev–Trinajstić information content (AvgIpc) is 2.25. The zero-order chi connectivity index (χ0) is 13.1. The lowest BCUT2D eigenvalue weighted by atomic mass is 10.0. The first-order chi connectivity index (χ1) is 7.83. The summed E-state index contributed by atoms with van der Waals surface area (Å²) in [5.74, 6) is -0.0697. The molecule has 0 saturated carbocycles. The smallest absolute Gasteiger partial charge is 0.153 e. The molecule has 4 nitrogen and oxygen atoms in total. The van der Waals surface area contributed by atoms with E-state index in [1.165, 1.54) is 12.1 Å². The van der Waals surface area contributed by atoms with E-state index in [1.807, 2.05) is 20.8 Å². The predicted octanol–water partition coefficient (Wildman–Crippen LogP) is 1.63. The summed E-state index contributed by atoms with van der Waals surface area (Å²) in [4.78, 5) is 10.7. The molecule has 4 heteroatoms. The number of phenols is 1. The van der Waals surface area contributed by atoms with E-state index in [0.29, 0.717) is 18.4 Å². The Morgan fingerprint density at radius 1 is 1.41 bits per heavy atom. The lowest BCUT2D eigenvalue weighted by Crippen LogP contribution is -2.38. The van der Waals surface area contributed by atoms with E-state index in [9.17, 15) is 15.0 Å². The number of rotatable bonds is 4. The number of carbonyl (C=O) groups excluding carboxylic acids is 1. The maximum absolute atomic E-state index is 10.7. The molecule has 1 rings (SSSR count). The number of aldehydes is 1. The number of aliphatic hydroxyl groups is 1. The third-order valence-corrected chi connectivity index (χ3v) is 2.39. The highest BCUT2D eigenvalue weighted by Gasteiger charge is 2.14. The number of benzene rings is 1. The van der Waals surface area contributed by atoms with E-state index in [0.717, 1.165) is 0 Å². The summed E-state index contributed by atoms with van der Waals surface area (Å²) in [5, 5.41) is 22.5. The largest absolute Gasteiger partial charge is 0.507 e. The van der Waals surface area contributed by atoms with Crippen LogP contribution in [0.25, 0.3) is 0 Å². The van der Waals surface area contributed by atoms with Crippen molar-refractivity contribution < 1.29 is 15.0 Å². The van der Waals surface area contributed by atoms with Crippen molar-refractivity contribution in [3.05, 3.63) is 29.3 Å². The molecule has 0 aliphatic heterocycles. The summed E-state index contributed by atoms with van der Waals surface area (Å²) in [7, 11) is 0. The second kappa shape index (κ2) is 5.29. The van der Waals surface area contributed by atoms with Gasteiger partial charge >= 0.3 is 0 Å². The van der Waals surface area contributed by atoms with Gasteiger partial charge in [0.05, 0.1) is 11.7 Å². The Morgan fingerprint density at radius 3 is 2.59 bits per heavy atom. The van der Waals surface area contributed by atoms with Crippen LogP contribution in [0.3, 0.4) is 0 Å². The highest BCUT2D eigenvalue weighted by atomic mass is 16.3. The molecule has 0 aliphatic rings. The molecule has 17 heavy (non-hydrogen) atoms. The predicted molar refractivity (Wildman–Crippen MR) is 66.2 cm³/mol. The van der Waals surface area contributed by atoms with Crippen molar-refractivity contribution >= 4 is 6.29 Å². The fourth-order valence-electron chi connectivity index (χ4n) is 1.40. The summed E-state index contributed by atoms with van der Waals surface area (Å²) in [6.45, 7) is 6.42. The second-order valence-corrected chi connectivity index (χ2v) is 5.08. The van der Waals surface area contributed by atoms with Gasteiger partial charge in [0, 0.05) is 12.1 Å². The number of nitrogens with one attached hydrogen (secondary N) is 1. The molecule has 0 saturated heterocycles. The Kier molecular flexibility index (Phi) is 4.26. The number of aromatic hydroxyl groups is 1. The normalized spacial score (nSPS) is 13.4. The molecule has 1 aromatic carbocycles. The van der Waals surface area contributed by atoms with E-state index in [4.69, 9.17) is 0 Å². The summed E-state index contributed by atoms with van der Waals surface area (Å²) < 4.78 is 0. The Hall–Kier alpha value is -1.39. The Morgan fingerprint density at radius 2 is 2.06 bits per heavy atom. The Labute approximate surface area is 101 Å². The van der Waals surface area contributed by atoms with Gasteiger partial charge in [0.25, 0.3) is 0 Å². The molecule has 0 aromatic heterocycles. The molecule has 0 bridgehead atoms. The SMILES string of the molecule is CC(C)(C)NC[C@H](O)c1ccc(O)c(C=O)c1. The van der Waals surface area contributed by atoms with Crippen LogP contribution in [0.4, 0.5) is 0 Å². The third kappa shape index (κ3) is 4.17. The van der Waals surface area contributed by atoms with E-state index in [-0.39, 0.29) is 16.9 Å². The van der Waals surface area contributed by atoms with Crippen molar-refractivity contribution in [3.8, 4) is 5.75 Å². The van der Waals surface area contributed by atoms with Crippen LogP contribution in [0.15, 0.2) is 18.2 Å². The van der Waals surface area contributed by atoms with Gasteiger partial charge in [0.1, 0.15) is 5.75 Å². The molecule has 0 radical (unpaired) electrons. The highest BCUT2D eigenvalue weighted by molar-refractivity contribution is 5.79. The minimum absolute atomic E-state index is 0.0697. The van der Waals surface area contributed by atoms with E-state index < -0.39 is 6.10 Å². The van der Waals surface area contributed by atoms with Crippen LogP contribution in [0, 0.1) is 0 Å². The first-order valence-corrected chi connectivity index (χ1v) is 5.54. The van der Waals surface area contributed by atoms with Gasteiger partial charge in [0.15, 0.2) is 6.29 Å². The number of β-amino-alcohol motifs (C(OH)–C–C–N with tert-alkyl or cyclic N) is 1. The van der Waals surface area contributed by atoms with Crippen LogP contribution in [-0.2, 0) is 0 Å². The van der Waals surface area contributed by atoms with Gasteiger partial charge in [-0.05, 0) is 38.5 Å². The first kappa shape index (κ1) is 13.7. The standard InChI is InChI=1S/C13H19NO3/c1-13(2,3)14-7-12(17)9-4-5-11(16)10(6-9)8-15/h4-6,8,12,14,16-17H,7H2,1-3H3/t12-/m0/s1. The molecule has 0 fully saturated rings. The van der Waals surface area contributed by atoms with Gasteiger partial charge < -0.3 is 15.5 Å². The number of carbonyl (C=O) groups is 1. The fourth-order valence-corrected chi connectivity index (χ4v) is 1.40. The van der Waals surface area contributed by atoms with Gasteiger partial charge in [-0.1, -0.05) is 6.07 Å². The van der Waals surface area contributed by atoms with Gasteiger partial charge in [-0.15, -0.1) is 0 Å². The van der Waals surface area contributed by atoms with Crippen molar-refractivity contribution in [1.82, 2.24) is 5.32 Å². The lowest BCUT2D eigenvalue weighted by Gasteiger charge is -2.23. The summed E-state index contributed by atoms with van der Waals surface area (Å²) >= 11 is 0. The minimum atomic E-state index is -0.700. The number of hydrogen-bond donors (Lipinski definition) is 3. The zero-order valence-corrected chi connectivity index (χ0v) is 10.4. The fraction of sp³-hybridized carbons (Fsp3) is 0.462. The molecule has 0 spiro atoms. The van der Waals surface area contributed by atoms with Crippen LogP contribution >= 0.6 is 0 Å².